The number of nitrogens with two attached hydrogens (primary N) is 1. The van der Waals surface area contributed by atoms with E-state index in [0.717, 1.165) is 47.1 Å². The van der Waals surface area contributed by atoms with E-state index in [1.54, 1.807) is 6.92 Å². The van der Waals surface area contributed by atoms with E-state index in [1.165, 1.54) is 6.08 Å². The molecule has 0 amide bonds. The predicted octanol–water partition coefficient (Wildman–Crippen LogP) is 5.03. The van der Waals surface area contributed by atoms with E-state index < -0.39 is 7.82 Å². The fourth-order valence-electron chi connectivity index (χ4n) is 4.60. The fraction of sp³-hybridized carbons (Fsp3) is 0.296. The number of allylic oxidation sites excluding steroid dienone is 1. The van der Waals surface area contributed by atoms with Crippen molar-refractivity contribution < 1.29 is 23.7 Å². The average Bonchev–Trinajstić information content (AvgIpc) is 3.21. The molecule has 0 atom stereocenters. The van der Waals surface area contributed by atoms with E-state index in [9.17, 15) is 19.1 Å². The van der Waals surface area contributed by atoms with Crippen LogP contribution in [-0.2, 0) is 28.7 Å². The number of nitrogen functional groups attached to an aromatic ring is 1. The number of rotatable bonds is 11. The second-order valence-electron chi connectivity index (χ2n) is 9.08. The highest BCUT2D eigenvalue weighted by atomic mass is 31.2. The third-order valence-electron chi connectivity index (χ3n) is 6.27. The predicted molar refractivity (Wildman–Crippen MR) is 145 cm³/mol. The number of hydrogen-bond donors (Lipinski definition) is 3. The number of carbonyl (C=O) groups is 1. The number of aromatic nitrogens is 3. The SMILES string of the molecule is C=CC(=O)CCc1cc(Cn2c(CCCC)nc3c(N)nc4ccccc4c32)cc(C)c1OP(=O)(O)O. The minimum absolute atomic E-state index is 0.0922. The van der Waals surface area contributed by atoms with Crippen molar-refractivity contribution in [3.63, 3.8) is 0 Å². The number of imidazole rings is 1. The quantitative estimate of drug-likeness (QED) is 0.184. The lowest BCUT2D eigenvalue weighted by atomic mass is 10.00. The molecule has 2 aromatic carbocycles. The van der Waals surface area contributed by atoms with Crippen LogP contribution in [0.1, 0.15) is 48.7 Å². The van der Waals surface area contributed by atoms with Gasteiger partial charge >= 0.3 is 7.82 Å². The molecule has 9 nitrogen and oxygen atoms in total. The topological polar surface area (TPSA) is 141 Å². The number of phosphoric acid groups is 1. The summed E-state index contributed by atoms with van der Waals surface area (Å²) >= 11 is 0. The van der Waals surface area contributed by atoms with Gasteiger partial charge in [-0.1, -0.05) is 50.3 Å². The van der Waals surface area contributed by atoms with E-state index >= 15 is 0 Å². The number of para-hydroxylation sites is 1. The van der Waals surface area contributed by atoms with Gasteiger partial charge in [0.15, 0.2) is 11.6 Å². The Bertz CT molecular complexity index is 1540. The molecule has 0 radical (unpaired) electrons. The monoisotopic (exact) mass is 522 g/mol. The zero-order chi connectivity index (χ0) is 26.7. The molecule has 0 aliphatic rings. The van der Waals surface area contributed by atoms with Gasteiger partial charge in [-0.25, -0.2) is 14.5 Å². The van der Waals surface area contributed by atoms with Gasteiger partial charge in [0.05, 0.1) is 11.0 Å². The Balaban J connectivity index is 1.87. The Hall–Kier alpha value is -3.52. The summed E-state index contributed by atoms with van der Waals surface area (Å²) in [4.78, 5) is 40.2. The summed E-state index contributed by atoms with van der Waals surface area (Å²) in [5, 5.41) is 0.942. The fourth-order valence-corrected chi connectivity index (χ4v) is 5.10. The molecule has 4 N–H and O–H groups in total. The molecule has 37 heavy (non-hydrogen) atoms. The van der Waals surface area contributed by atoms with Crippen LogP contribution >= 0.6 is 7.82 Å². The number of phosphoric ester groups is 1. The molecule has 0 saturated heterocycles. The number of anilines is 1. The van der Waals surface area contributed by atoms with Crippen LogP contribution in [-0.4, -0.2) is 30.1 Å². The minimum atomic E-state index is -4.79. The van der Waals surface area contributed by atoms with E-state index in [2.05, 4.69) is 23.1 Å². The summed E-state index contributed by atoms with van der Waals surface area (Å²) < 4.78 is 18.8. The van der Waals surface area contributed by atoms with Crippen molar-refractivity contribution in [2.75, 3.05) is 5.73 Å². The maximum Gasteiger partial charge on any atom is 0.524 e. The third kappa shape index (κ3) is 5.91. The molecule has 0 fully saturated rings. The smallest absolute Gasteiger partial charge is 0.404 e. The zero-order valence-corrected chi connectivity index (χ0v) is 21.9. The molecule has 0 aliphatic carbocycles. The largest absolute Gasteiger partial charge is 0.524 e. The summed E-state index contributed by atoms with van der Waals surface area (Å²) in [6.07, 6.45) is 4.36. The number of pyridine rings is 1. The van der Waals surface area contributed by atoms with Crippen molar-refractivity contribution in [1.29, 1.82) is 0 Å². The van der Waals surface area contributed by atoms with Gasteiger partial charge in [0.25, 0.3) is 0 Å². The highest BCUT2D eigenvalue weighted by Gasteiger charge is 2.22. The summed E-state index contributed by atoms with van der Waals surface area (Å²) in [5.74, 6) is 1.19. The number of unbranched alkanes of at least 4 members (excludes halogenated alkanes) is 1. The molecule has 0 spiro atoms. The van der Waals surface area contributed by atoms with Gasteiger partial charge in [-0.2, -0.15) is 0 Å². The lowest BCUT2D eigenvalue weighted by Gasteiger charge is -2.18. The van der Waals surface area contributed by atoms with Crippen LogP contribution in [0.25, 0.3) is 21.9 Å². The van der Waals surface area contributed by atoms with Crippen molar-refractivity contribution >= 4 is 41.4 Å². The summed E-state index contributed by atoms with van der Waals surface area (Å²) in [6, 6.07) is 11.5. The normalized spacial score (nSPS) is 11.8. The first-order chi connectivity index (χ1) is 17.6. The highest BCUT2D eigenvalue weighted by Crippen LogP contribution is 2.42. The van der Waals surface area contributed by atoms with Crippen molar-refractivity contribution in [2.24, 2.45) is 0 Å². The minimum Gasteiger partial charge on any atom is -0.404 e. The molecule has 0 bridgehead atoms. The molecule has 0 saturated carbocycles. The van der Waals surface area contributed by atoms with Crippen molar-refractivity contribution in [3.8, 4) is 5.75 Å². The van der Waals surface area contributed by atoms with E-state index in [4.69, 9.17) is 15.2 Å². The van der Waals surface area contributed by atoms with Gasteiger partial charge in [0.2, 0.25) is 0 Å². The molecule has 2 aromatic heterocycles. The van der Waals surface area contributed by atoms with Crippen LogP contribution in [0.5, 0.6) is 5.75 Å². The Morgan fingerprint density at radius 2 is 1.97 bits per heavy atom. The Morgan fingerprint density at radius 3 is 2.68 bits per heavy atom. The van der Waals surface area contributed by atoms with Crippen LogP contribution in [0.15, 0.2) is 49.1 Å². The number of fused-ring (bicyclic) bond motifs is 3. The number of nitrogens with zero attached hydrogens (tertiary/aromatic N) is 3. The molecule has 10 heteroatoms. The third-order valence-corrected chi connectivity index (χ3v) is 6.69. The first-order valence-corrected chi connectivity index (χ1v) is 13.7. The average molecular weight is 523 g/mol. The van der Waals surface area contributed by atoms with E-state index in [0.29, 0.717) is 29.0 Å². The van der Waals surface area contributed by atoms with Crippen molar-refractivity contribution in [1.82, 2.24) is 14.5 Å². The van der Waals surface area contributed by atoms with Gasteiger partial charge in [-0.3, -0.25) is 14.6 Å². The first kappa shape index (κ1) is 26.5. The zero-order valence-electron chi connectivity index (χ0n) is 21.0. The van der Waals surface area contributed by atoms with Gasteiger partial charge in [0, 0.05) is 24.8 Å². The number of carbonyl (C=O) groups excluding carboxylic acids is 1. The lowest BCUT2D eigenvalue weighted by Crippen LogP contribution is -2.08. The molecule has 4 aromatic rings. The van der Waals surface area contributed by atoms with Gasteiger partial charge < -0.3 is 14.8 Å². The maximum absolute atomic E-state index is 11.9. The van der Waals surface area contributed by atoms with Crippen LogP contribution in [0, 0.1) is 6.92 Å². The lowest BCUT2D eigenvalue weighted by molar-refractivity contribution is -0.114. The number of benzene rings is 2. The summed E-state index contributed by atoms with van der Waals surface area (Å²) in [6.45, 7) is 7.80. The van der Waals surface area contributed by atoms with Crippen LogP contribution in [0.3, 0.4) is 0 Å². The first-order valence-electron chi connectivity index (χ1n) is 12.2. The molecule has 4 rings (SSSR count). The van der Waals surface area contributed by atoms with E-state index in [-0.39, 0.29) is 24.4 Å². The van der Waals surface area contributed by atoms with Gasteiger partial charge in [-0.15, -0.1) is 0 Å². The molecule has 2 heterocycles. The highest BCUT2D eigenvalue weighted by molar-refractivity contribution is 7.46. The van der Waals surface area contributed by atoms with Gasteiger partial charge in [-0.05, 0) is 48.6 Å². The summed E-state index contributed by atoms with van der Waals surface area (Å²) in [7, 11) is -4.79. The van der Waals surface area contributed by atoms with Crippen LogP contribution in [0.4, 0.5) is 5.82 Å². The molecular formula is C27H31N4O5P. The summed E-state index contributed by atoms with van der Waals surface area (Å²) in [5.41, 5.74) is 10.6. The molecular weight excluding hydrogens is 491 g/mol. The Labute approximate surface area is 215 Å². The van der Waals surface area contributed by atoms with Crippen molar-refractivity contribution in [3.05, 3.63) is 71.6 Å². The standard InChI is InChI=1S/C27H31N4O5P/c1-4-6-11-23-30-24-25(21-9-7-8-10-22(21)29-27(24)28)31(23)16-18-14-17(3)26(36-37(33,34)35)19(15-18)12-13-20(32)5-2/h5,7-10,14-15H,2,4,6,11-13,16H2,1,3H3,(H2,28,29)(H2,33,34,35). The maximum atomic E-state index is 11.9. The number of ketones is 1. The van der Waals surface area contributed by atoms with Crippen LogP contribution < -0.4 is 10.3 Å². The van der Waals surface area contributed by atoms with E-state index in [1.807, 2.05) is 36.4 Å². The van der Waals surface area contributed by atoms with Gasteiger partial charge in [0.1, 0.15) is 17.1 Å². The number of hydrogen-bond acceptors (Lipinski definition) is 6. The molecule has 194 valence electrons. The Kier molecular flexibility index (Phi) is 7.78. The molecule has 0 unspecified atom stereocenters. The van der Waals surface area contributed by atoms with Crippen LogP contribution in [0.2, 0.25) is 0 Å². The Morgan fingerprint density at radius 1 is 1.22 bits per heavy atom. The van der Waals surface area contributed by atoms with Crippen molar-refractivity contribution in [2.45, 2.75) is 52.5 Å². The second kappa shape index (κ2) is 10.8. The number of aryl methyl sites for hydroxylation is 3. The molecule has 0 aliphatic heterocycles. The second-order valence-corrected chi connectivity index (χ2v) is 10.2.